The minimum absolute atomic E-state index is 0.0275. The van der Waals surface area contributed by atoms with Gasteiger partial charge in [0, 0.05) is 29.8 Å². The number of aromatic nitrogens is 2. The molecule has 2 aromatic heterocycles. The van der Waals surface area contributed by atoms with Crippen LogP contribution in [0.25, 0.3) is 5.65 Å². The molecular weight excluding hydrogens is 330 g/mol. The van der Waals surface area contributed by atoms with E-state index in [-0.39, 0.29) is 20.7 Å². The zero-order valence-electron chi connectivity index (χ0n) is 11.7. The van der Waals surface area contributed by atoms with Crippen LogP contribution in [0.2, 0.25) is 5.15 Å². The Hall–Kier alpha value is -0.760. The zero-order valence-corrected chi connectivity index (χ0v) is 14.1. The largest absolute Gasteiger partial charge is 0.288 e. The van der Waals surface area contributed by atoms with Crippen LogP contribution in [0.15, 0.2) is 29.4 Å². The van der Waals surface area contributed by atoms with Gasteiger partial charge in [-0.05, 0) is 12.1 Å². The van der Waals surface area contributed by atoms with Crippen molar-refractivity contribution < 1.29 is 8.42 Å². The van der Waals surface area contributed by atoms with Crippen molar-refractivity contribution in [3.05, 3.63) is 29.5 Å². The van der Waals surface area contributed by atoms with Crippen LogP contribution in [0.1, 0.15) is 13.8 Å². The van der Waals surface area contributed by atoms with Crippen molar-refractivity contribution in [3.8, 4) is 0 Å². The summed E-state index contributed by atoms with van der Waals surface area (Å²) in [5, 5.41) is 0.619. The normalized spacial score (nSPS) is 24.5. The van der Waals surface area contributed by atoms with E-state index in [0.29, 0.717) is 18.7 Å². The summed E-state index contributed by atoms with van der Waals surface area (Å²) in [5.41, 5.74) is 0.536. The Balaban J connectivity index is 2.10. The Morgan fingerprint density at radius 2 is 1.95 bits per heavy atom. The highest BCUT2D eigenvalue weighted by Crippen LogP contribution is 2.31. The van der Waals surface area contributed by atoms with Gasteiger partial charge in [-0.15, -0.1) is 0 Å². The lowest BCUT2D eigenvalue weighted by molar-refractivity contribution is 0.402. The second-order valence-corrected chi connectivity index (χ2v) is 9.31. The van der Waals surface area contributed by atoms with E-state index in [0.717, 1.165) is 0 Å². The Labute approximate surface area is 133 Å². The van der Waals surface area contributed by atoms with Crippen LogP contribution in [0.5, 0.6) is 0 Å². The van der Waals surface area contributed by atoms with Gasteiger partial charge in [0.1, 0.15) is 5.65 Å². The smallest absolute Gasteiger partial charge is 0.262 e. The quantitative estimate of drug-likeness (QED) is 0.839. The first-order valence-electron chi connectivity index (χ1n) is 6.68. The molecule has 0 saturated carbocycles. The minimum atomic E-state index is -3.65. The fourth-order valence-corrected chi connectivity index (χ4v) is 6.35. The fourth-order valence-electron chi connectivity index (χ4n) is 2.62. The number of hydrogen-bond acceptors (Lipinski definition) is 4. The molecule has 0 radical (unpaired) electrons. The Bertz CT molecular complexity index is 765. The van der Waals surface area contributed by atoms with E-state index in [1.54, 1.807) is 36.2 Å². The molecule has 21 heavy (non-hydrogen) atoms. The number of halogens is 1. The summed E-state index contributed by atoms with van der Waals surface area (Å²) in [6.45, 7) is 5.07. The summed E-state index contributed by atoms with van der Waals surface area (Å²) in [6.07, 6.45) is 1.67. The van der Waals surface area contributed by atoms with Gasteiger partial charge in [0.2, 0.25) is 0 Å². The van der Waals surface area contributed by atoms with Gasteiger partial charge >= 0.3 is 0 Å². The van der Waals surface area contributed by atoms with Crippen molar-refractivity contribution in [3.63, 3.8) is 0 Å². The van der Waals surface area contributed by atoms with Gasteiger partial charge < -0.3 is 0 Å². The Kier molecular flexibility index (Phi) is 3.94. The van der Waals surface area contributed by atoms with Crippen LogP contribution >= 0.6 is 23.4 Å². The van der Waals surface area contributed by atoms with Gasteiger partial charge in [0.05, 0.1) is 0 Å². The third-order valence-electron chi connectivity index (χ3n) is 3.42. The summed E-state index contributed by atoms with van der Waals surface area (Å²) in [5.74, 6) is 0. The summed E-state index contributed by atoms with van der Waals surface area (Å²) < 4.78 is 28.9. The van der Waals surface area contributed by atoms with E-state index in [9.17, 15) is 8.42 Å². The maximum Gasteiger partial charge on any atom is 0.262 e. The van der Waals surface area contributed by atoms with Crippen LogP contribution < -0.4 is 0 Å². The van der Waals surface area contributed by atoms with Crippen molar-refractivity contribution in [2.24, 2.45) is 0 Å². The number of pyridine rings is 1. The van der Waals surface area contributed by atoms with Crippen LogP contribution in [0.4, 0.5) is 0 Å². The highest BCUT2D eigenvalue weighted by atomic mass is 35.5. The molecule has 1 aliphatic rings. The molecule has 2 aromatic rings. The number of rotatable bonds is 2. The molecule has 2 unspecified atom stereocenters. The molecule has 3 rings (SSSR count). The summed E-state index contributed by atoms with van der Waals surface area (Å²) in [4.78, 5) is 4.13. The predicted octanol–water partition coefficient (Wildman–Crippen LogP) is 2.50. The van der Waals surface area contributed by atoms with Gasteiger partial charge in [-0.3, -0.25) is 4.40 Å². The molecule has 1 fully saturated rings. The van der Waals surface area contributed by atoms with Crippen LogP contribution in [-0.4, -0.2) is 45.7 Å². The third-order valence-corrected chi connectivity index (χ3v) is 6.88. The number of hydrogen-bond donors (Lipinski definition) is 0. The van der Waals surface area contributed by atoms with Crippen molar-refractivity contribution in [1.29, 1.82) is 0 Å². The van der Waals surface area contributed by atoms with Crippen LogP contribution in [0.3, 0.4) is 0 Å². The molecule has 8 heteroatoms. The van der Waals surface area contributed by atoms with Gasteiger partial charge in [-0.25, -0.2) is 13.4 Å². The Morgan fingerprint density at radius 1 is 1.29 bits per heavy atom. The molecule has 3 heterocycles. The van der Waals surface area contributed by atoms with Gasteiger partial charge in [-0.2, -0.15) is 16.1 Å². The Morgan fingerprint density at radius 3 is 2.62 bits per heavy atom. The lowest BCUT2D eigenvalue weighted by Crippen LogP contribution is -2.44. The van der Waals surface area contributed by atoms with E-state index < -0.39 is 10.0 Å². The van der Waals surface area contributed by atoms with Crippen molar-refractivity contribution >= 4 is 39.0 Å². The van der Waals surface area contributed by atoms with Gasteiger partial charge in [0.25, 0.3) is 10.0 Å². The molecule has 1 saturated heterocycles. The summed E-state index contributed by atoms with van der Waals surface area (Å²) in [6, 6.07) is 5.31. The predicted molar refractivity (Wildman–Crippen MR) is 85.5 cm³/mol. The molecule has 0 bridgehead atoms. The van der Waals surface area contributed by atoms with Crippen LogP contribution in [-0.2, 0) is 10.0 Å². The van der Waals surface area contributed by atoms with Gasteiger partial charge in [-0.1, -0.05) is 31.5 Å². The molecule has 114 valence electrons. The molecular formula is C13H16ClN3O2S2. The molecule has 0 aromatic carbocycles. The first-order valence-corrected chi connectivity index (χ1v) is 9.44. The molecule has 5 nitrogen and oxygen atoms in total. The van der Waals surface area contributed by atoms with E-state index in [1.165, 1.54) is 8.71 Å². The fraction of sp³-hybridized carbons (Fsp3) is 0.462. The molecule has 1 aliphatic heterocycles. The summed E-state index contributed by atoms with van der Waals surface area (Å²) >= 11 is 7.91. The highest BCUT2D eigenvalue weighted by Gasteiger charge is 2.35. The molecule has 0 spiro atoms. The molecule has 0 aliphatic carbocycles. The average Bonchev–Trinajstić information content (AvgIpc) is 2.73. The van der Waals surface area contributed by atoms with E-state index >= 15 is 0 Å². The third kappa shape index (κ3) is 2.67. The number of fused-ring (bicyclic) bond motifs is 1. The first kappa shape index (κ1) is 15.1. The van der Waals surface area contributed by atoms with Gasteiger partial charge in [0.15, 0.2) is 10.2 Å². The van der Waals surface area contributed by atoms with E-state index in [2.05, 4.69) is 4.98 Å². The van der Waals surface area contributed by atoms with Crippen molar-refractivity contribution in [1.82, 2.24) is 13.7 Å². The maximum absolute atomic E-state index is 12.9. The number of sulfonamides is 1. The lowest BCUT2D eigenvalue weighted by atomic mass is 10.4. The molecule has 0 N–H and O–H groups in total. The number of nitrogens with zero attached hydrogens (tertiary/aromatic N) is 3. The molecule has 0 amide bonds. The zero-order chi connectivity index (χ0) is 15.2. The monoisotopic (exact) mass is 345 g/mol. The second kappa shape index (κ2) is 5.46. The SMILES string of the molecule is CC1CN(S(=O)(=O)c2c(Cl)nc3ccccn23)CC(C)S1. The highest BCUT2D eigenvalue weighted by molar-refractivity contribution is 8.00. The molecule has 2 atom stereocenters. The average molecular weight is 346 g/mol. The number of thioether (sulfide) groups is 1. The number of imidazole rings is 1. The standard InChI is InChI=1S/C13H16ClN3O2S2/c1-9-7-16(8-10(2)20-9)21(18,19)13-12(14)15-11-5-3-4-6-17(11)13/h3-6,9-10H,7-8H2,1-2H3. The van der Waals surface area contributed by atoms with Crippen molar-refractivity contribution in [2.75, 3.05) is 13.1 Å². The topological polar surface area (TPSA) is 54.7 Å². The summed E-state index contributed by atoms with van der Waals surface area (Å²) in [7, 11) is -3.65. The van der Waals surface area contributed by atoms with E-state index in [1.807, 2.05) is 13.8 Å². The van der Waals surface area contributed by atoms with Crippen molar-refractivity contribution in [2.45, 2.75) is 29.4 Å². The van der Waals surface area contributed by atoms with E-state index in [4.69, 9.17) is 11.6 Å². The second-order valence-electron chi connectivity index (χ2n) is 5.22. The lowest BCUT2D eigenvalue weighted by Gasteiger charge is -2.33. The minimum Gasteiger partial charge on any atom is -0.288 e. The van der Waals surface area contributed by atoms with Crippen LogP contribution in [0, 0.1) is 0 Å². The maximum atomic E-state index is 12.9. The first-order chi connectivity index (χ1) is 9.89.